The Morgan fingerprint density at radius 2 is 2.05 bits per heavy atom. The zero-order chi connectivity index (χ0) is 15.8. The molecule has 1 aliphatic heterocycles. The number of imide groups is 1. The molecule has 3 amide bonds. The molecule has 7 heteroatoms. The van der Waals surface area contributed by atoms with Crippen molar-refractivity contribution in [3.8, 4) is 0 Å². The first-order valence-corrected chi connectivity index (χ1v) is 6.64. The Labute approximate surface area is 155 Å². The van der Waals surface area contributed by atoms with Gasteiger partial charge in [-0.15, -0.1) is 6.07 Å². The summed E-state index contributed by atoms with van der Waals surface area (Å²) in [7, 11) is 0. The average Bonchev–Trinajstić information content (AvgIpc) is 2.42. The Hall–Kier alpha value is -1.14. The third-order valence-electron chi connectivity index (χ3n) is 2.39. The van der Waals surface area contributed by atoms with Crippen molar-refractivity contribution in [3.63, 3.8) is 0 Å². The Kier molecular flexibility index (Phi) is 10.0. The van der Waals surface area contributed by atoms with Crippen molar-refractivity contribution in [2.24, 2.45) is 0 Å². The van der Waals surface area contributed by atoms with Crippen LogP contribution in [0.5, 0.6) is 0 Å². The fraction of sp³-hybridized carbons (Fsp3) is 0.400. The van der Waals surface area contributed by atoms with E-state index >= 15 is 0 Å². The van der Waals surface area contributed by atoms with Crippen molar-refractivity contribution in [1.29, 1.82) is 0 Å². The van der Waals surface area contributed by atoms with Crippen LogP contribution in [0.1, 0.15) is 44.1 Å². The number of piperidine rings is 1. The molecular weight excluding hydrogens is 359 g/mol. The summed E-state index contributed by atoms with van der Waals surface area (Å²) in [5, 5.41) is 4.69. The van der Waals surface area contributed by atoms with Gasteiger partial charge in [-0.1, -0.05) is 6.20 Å². The van der Waals surface area contributed by atoms with Gasteiger partial charge in [0.25, 0.3) is 0 Å². The van der Waals surface area contributed by atoms with Crippen LogP contribution in [0.4, 0.5) is 0 Å². The number of hydrogen-bond donors (Lipinski definition) is 2. The SMILES string of the molecule is C[C-](C)C.O=C1CCC(NC(=O)c2ccc[c-]n2)C(=O)N1.[Y]. The Balaban J connectivity index is 0.000000791. The molecule has 1 aromatic rings. The summed E-state index contributed by atoms with van der Waals surface area (Å²) < 4.78 is 0. The number of nitrogens with one attached hydrogen (secondary N) is 2. The number of carbonyl (C=O) groups excluding carboxylic acids is 3. The van der Waals surface area contributed by atoms with E-state index in [2.05, 4.69) is 42.6 Å². The molecule has 1 unspecified atom stereocenters. The maximum absolute atomic E-state index is 11.7. The fourth-order valence-electron chi connectivity index (χ4n) is 1.52. The van der Waals surface area contributed by atoms with Gasteiger partial charge >= 0.3 is 0 Å². The molecule has 1 radical (unpaired) electrons. The minimum absolute atomic E-state index is 0. The van der Waals surface area contributed by atoms with Crippen LogP contribution in [-0.2, 0) is 42.3 Å². The molecule has 6 nitrogen and oxygen atoms in total. The van der Waals surface area contributed by atoms with E-state index in [-0.39, 0.29) is 50.7 Å². The Bertz CT molecular complexity index is 503. The van der Waals surface area contributed by atoms with Crippen LogP contribution in [0.2, 0.25) is 0 Å². The summed E-state index contributed by atoms with van der Waals surface area (Å²) >= 11 is 0. The number of nitrogens with zero attached hydrogens (tertiary/aromatic N) is 1. The average molecular weight is 378 g/mol. The van der Waals surface area contributed by atoms with Crippen LogP contribution in [0.25, 0.3) is 0 Å². The molecule has 0 aromatic carbocycles. The number of hydrogen-bond acceptors (Lipinski definition) is 4. The minimum atomic E-state index is -0.679. The molecule has 2 heterocycles. The van der Waals surface area contributed by atoms with Gasteiger partial charge in [0.2, 0.25) is 17.7 Å². The van der Waals surface area contributed by atoms with Gasteiger partial charge in [0.1, 0.15) is 6.04 Å². The molecule has 0 saturated carbocycles. The topological polar surface area (TPSA) is 88.2 Å². The second kappa shape index (κ2) is 10.6. The van der Waals surface area contributed by atoms with Crippen molar-refractivity contribution in [2.45, 2.75) is 39.7 Å². The van der Waals surface area contributed by atoms with Gasteiger partial charge in [-0.25, -0.2) is 0 Å². The Morgan fingerprint density at radius 3 is 2.55 bits per heavy atom. The van der Waals surface area contributed by atoms with Gasteiger partial charge in [0.05, 0.1) is 0 Å². The van der Waals surface area contributed by atoms with Gasteiger partial charge in [-0.3, -0.25) is 19.7 Å². The normalized spacial score (nSPS) is 16.8. The van der Waals surface area contributed by atoms with Crippen molar-refractivity contribution in [1.82, 2.24) is 15.6 Å². The molecule has 1 aliphatic rings. The second-order valence-corrected chi connectivity index (χ2v) is 5.13. The number of amides is 3. The molecule has 1 atom stereocenters. The first kappa shape index (κ1) is 20.9. The van der Waals surface area contributed by atoms with E-state index in [4.69, 9.17) is 0 Å². The van der Waals surface area contributed by atoms with Crippen LogP contribution in [0.3, 0.4) is 0 Å². The van der Waals surface area contributed by atoms with Crippen molar-refractivity contribution >= 4 is 17.7 Å². The smallest absolute Gasteiger partial charge is 0.249 e. The van der Waals surface area contributed by atoms with Crippen molar-refractivity contribution in [2.75, 3.05) is 0 Å². The summed E-state index contributed by atoms with van der Waals surface area (Å²) in [6.45, 7) is 6.25. The largest absolute Gasteiger partial charge is 0.381 e. The van der Waals surface area contributed by atoms with E-state index < -0.39 is 17.9 Å². The number of pyridine rings is 1. The second-order valence-electron chi connectivity index (χ2n) is 5.13. The molecule has 2 rings (SSSR count). The molecule has 1 saturated heterocycles. The number of rotatable bonds is 2. The molecule has 0 aliphatic carbocycles. The van der Waals surface area contributed by atoms with Crippen molar-refractivity contribution < 1.29 is 47.1 Å². The molecule has 22 heavy (non-hydrogen) atoms. The van der Waals surface area contributed by atoms with E-state index in [1.165, 1.54) is 12.0 Å². The van der Waals surface area contributed by atoms with Gasteiger partial charge in [-0.05, 0) is 6.42 Å². The van der Waals surface area contributed by atoms with E-state index in [9.17, 15) is 14.4 Å². The molecule has 0 spiro atoms. The zero-order valence-electron chi connectivity index (χ0n) is 13.0. The van der Waals surface area contributed by atoms with Crippen LogP contribution in [-0.4, -0.2) is 28.7 Å². The predicted octanol–water partition coefficient (Wildman–Crippen LogP) is 1.03. The zero-order valence-corrected chi connectivity index (χ0v) is 15.8. The van der Waals surface area contributed by atoms with Gasteiger partial charge in [0, 0.05) is 44.8 Å². The maximum Gasteiger partial charge on any atom is 0.249 e. The van der Waals surface area contributed by atoms with Gasteiger partial charge in [0.15, 0.2) is 0 Å². The number of carbonyl (C=O) groups is 3. The summed E-state index contributed by atoms with van der Waals surface area (Å²) in [5.41, 5.74) is 0.192. The molecule has 117 valence electrons. The Morgan fingerprint density at radius 1 is 1.41 bits per heavy atom. The third kappa shape index (κ3) is 7.75. The van der Waals surface area contributed by atoms with E-state index in [0.29, 0.717) is 6.42 Å². The molecule has 0 bridgehead atoms. The van der Waals surface area contributed by atoms with Crippen LogP contribution < -0.4 is 10.6 Å². The minimum Gasteiger partial charge on any atom is -0.381 e. The summed E-state index contributed by atoms with van der Waals surface area (Å²) in [4.78, 5) is 37.7. The van der Waals surface area contributed by atoms with E-state index in [1.807, 2.05) is 0 Å². The fourth-order valence-corrected chi connectivity index (χ4v) is 1.52. The molecule has 1 fully saturated rings. The molecular formula is C15H19N3O3Y-2. The number of aromatic nitrogens is 1. The first-order valence-electron chi connectivity index (χ1n) is 6.64. The maximum atomic E-state index is 11.7. The van der Waals surface area contributed by atoms with Crippen LogP contribution >= 0.6 is 0 Å². The summed E-state index contributed by atoms with van der Waals surface area (Å²) in [6.07, 6.45) is 3.07. The first-order chi connectivity index (χ1) is 9.90. The molecule has 2 N–H and O–H groups in total. The monoisotopic (exact) mass is 378 g/mol. The summed E-state index contributed by atoms with van der Waals surface area (Å²) in [6, 6.07) is 4.05. The predicted molar refractivity (Wildman–Crippen MR) is 77.0 cm³/mol. The van der Waals surface area contributed by atoms with Gasteiger partial charge < -0.3 is 16.2 Å². The van der Waals surface area contributed by atoms with Gasteiger partial charge in [-0.2, -0.15) is 32.9 Å². The third-order valence-corrected chi connectivity index (χ3v) is 2.39. The van der Waals surface area contributed by atoms with Crippen molar-refractivity contribution in [3.05, 3.63) is 36.0 Å². The summed E-state index contributed by atoms with van der Waals surface area (Å²) in [5.74, 6) is 0.178. The van der Waals surface area contributed by atoms with E-state index in [0.717, 1.165) is 0 Å². The standard InChI is InChI=1S/C11H10N3O3.C4H9.Y/c15-9-5-4-8(11(17)14-9)13-10(16)7-3-1-2-6-12-7;1-4(2)3;/h1-3,8H,4-5H2,(H,13,16)(H,14,15,17);1-3H3;/q2*-1;. The molecule has 1 aromatic heterocycles. The van der Waals surface area contributed by atoms with Crippen LogP contribution in [0, 0.1) is 12.1 Å². The quantitative estimate of drug-likeness (QED) is 0.595. The van der Waals surface area contributed by atoms with Crippen LogP contribution in [0.15, 0.2) is 18.2 Å². The van der Waals surface area contributed by atoms with E-state index in [1.54, 1.807) is 12.1 Å².